The molecular weight excluding hydrogens is 284 g/mol. The highest BCUT2D eigenvalue weighted by Gasteiger charge is 2.48. The number of benzene rings is 1. The molecule has 0 heterocycles. The van der Waals surface area contributed by atoms with Crippen molar-refractivity contribution in [3.63, 3.8) is 0 Å². The summed E-state index contributed by atoms with van der Waals surface area (Å²) in [5.41, 5.74) is 0.708. The molecule has 1 fully saturated rings. The van der Waals surface area contributed by atoms with Crippen molar-refractivity contribution in [1.29, 1.82) is 0 Å². The van der Waals surface area contributed by atoms with Crippen LogP contribution in [0.2, 0.25) is 0 Å². The molecule has 0 atom stereocenters. The molecule has 0 saturated heterocycles. The zero-order valence-corrected chi connectivity index (χ0v) is 13.0. The van der Waals surface area contributed by atoms with Crippen LogP contribution in [0.3, 0.4) is 0 Å². The van der Waals surface area contributed by atoms with Crippen LogP contribution in [0.15, 0.2) is 30.3 Å². The van der Waals surface area contributed by atoms with Crippen LogP contribution < -0.4 is 5.32 Å². The van der Waals surface area contributed by atoms with Gasteiger partial charge in [-0.2, -0.15) is 0 Å². The molecule has 1 amide bonds. The molecule has 120 valence electrons. The Hall–Kier alpha value is -2.08. The van der Waals surface area contributed by atoms with E-state index in [0.29, 0.717) is 6.54 Å². The maximum absolute atomic E-state index is 12.1. The van der Waals surface area contributed by atoms with Gasteiger partial charge in [0.25, 0.3) is 0 Å². The smallest absolute Gasteiger partial charge is 0.410 e. The number of hydrogen-bond acceptors (Lipinski definition) is 5. The summed E-state index contributed by atoms with van der Waals surface area (Å²) >= 11 is 0. The number of methoxy groups -OCH3 is 1. The second-order valence-corrected chi connectivity index (χ2v) is 5.50. The lowest BCUT2D eigenvalue weighted by atomic mass is 10.2. The average Bonchev–Trinajstić information content (AvgIpc) is 3.33. The van der Waals surface area contributed by atoms with Crippen molar-refractivity contribution < 1.29 is 19.1 Å². The highest BCUT2D eigenvalue weighted by molar-refractivity contribution is 5.71. The molecule has 0 unspecified atom stereocenters. The highest BCUT2D eigenvalue weighted by Crippen LogP contribution is 2.40. The van der Waals surface area contributed by atoms with E-state index in [2.05, 4.69) is 10.1 Å². The quantitative estimate of drug-likeness (QED) is 0.774. The number of carbonyl (C=O) groups excluding carboxylic acids is 2. The monoisotopic (exact) mass is 306 g/mol. The van der Waals surface area contributed by atoms with E-state index < -0.39 is 0 Å². The summed E-state index contributed by atoms with van der Waals surface area (Å²) in [5, 5.41) is 3.02. The van der Waals surface area contributed by atoms with Gasteiger partial charge in [0.1, 0.15) is 6.61 Å². The van der Waals surface area contributed by atoms with Crippen molar-refractivity contribution in [3.05, 3.63) is 35.9 Å². The summed E-state index contributed by atoms with van der Waals surface area (Å²) in [6.45, 7) is 0.958. The summed E-state index contributed by atoms with van der Waals surface area (Å²) in [6.07, 6.45) is 1.46. The Kier molecular flexibility index (Phi) is 5.38. The van der Waals surface area contributed by atoms with Crippen molar-refractivity contribution in [2.45, 2.75) is 25.0 Å². The first-order valence-corrected chi connectivity index (χ1v) is 7.29. The molecule has 2 rings (SSSR count). The van der Waals surface area contributed by atoms with Crippen molar-refractivity contribution >= 4 is 12.1 Å². The Morgan fingerprint density at radius 2 is 1.95 bits per heavy atom. The molecule has 1 aromatic carbocycles. The molecule has 0 aromatic heterocycles. The molecule has 0 spiro atoms. The maximum Gasteiger partial charge on any atom is 0.410 e. The molecule has 1 aromatic rings. The topological polar surface area (TPSA) is 67.9 Å². The van der Waals surface area contributed by atoms with Gasteiger partial charge in [0.2, 0.25) is 0 Å². The third kappa shape index (κ3) is 4.21. The van der Waals surface area contributed by atoms with E-state index in [1.807, 2.05) is 30.3 Å². The van der Waals surface area contributed by atoms with E-state index in [4.69, 9.17) is 4.74 Å². The predicted molar refractivity (Wildman–Crippen MR) is 81.2 cm³/mol. The number of nitrogens with one attached hydrogen (secondary N) is 1. The number of likely N-dealkylation sites (N-methyl/N-ethyl adjacent to an activating group) is 1. The van der Waals surface area contributed by atoms with Gasteiger partial charge in [0.05, 0.1) is 19.2 Å². The van der Waals surface area contributed by atoms with Crippen molar-refractivity contribution in [2.24, 2.45) is 0 Å². The lowest BCUT2D eigenvalue weighted by Crippen LogP contribution is -2.46. The molecule has 0 bridgehead atoms. The fraction of sp³-hybridized carbons (Fsp3) is 0.500. The van der Waals surface area contributed by atoms with Crippen LogP contribution in [-0.4, -0.2) is 49.7 Å². The summed E-state index contributed by atoms with van der Waals surface area (Å²) in [6, 6.07) is 9.57. The number of carbonyl (C=O) groups is 2. The molecule has 0 radical (unpaired) electrons. The average molecular weight is 306 g/mol. The number of rotatable bonds is 7. The Bertz CT molecular complexity index is 514. The first kappa shape index (κ1) is 16.3. The minimum atomic E-state index is -0.346. The Labute approximate surface area is 130 Å². The first-order chi connectivity index (χ1) is 10.6. The van der Waals surface area contributed by atoms with Gasteiger partial charge in [-0.25, -0.2) is 4.79 Å². The van der Waals surface area contributed by atoms with E-state index >= 15 is 0 Å². The molecule has 22 heavy (non-hydrogen) atoms. The Balaban J connectivity index is 1.78. The molecule has 0 aliphatic heterocycles. The van der Waals surface area contributed by atoms with E-state index in [0.717, 1.165) is 18.4 Å². The third-order valence-corrected chi connectivity index (χ3v) is 3.97. The molecule has 1 aliphatic rings. The van der Waals surface area contributed by atoms with Crippen LogP contribution in [-0.2, 0) is 20.9 Å². The van der Waals surface area contributed by atoms with Crippen LogP contribution in [0.4, 0.5) is 4.79 Å². The van der Waals surface area contributed by atoms with E-state index in [1.54, 1.807) is 11.9 Å². The zero-order chi connectivity index (χ0) is 16.0. The molecular formula is C16H22N2O4. The largest absolute Gasteiger partial charge is 0.468 e. The molecule has 1 saturated carbocycles. The molecule has 6 nitrogen and oxygen atoms in total. The zero-order valence-electron chi connectivity index (χ0n) is 13.0. The van der Waals surface area contributed by atoms with Gasteiger partial charge in [-0.3, -0.25) is 4.79 Å². The minimum absolute atomic E-state index is 0.144. The third-order valence-electron chi connectivity index (χ3n) is 3.97. The molecule has 6 heteroatoms. The van der Waals surface area contributed by atoms with E-state index in [9.17, 15) is 9.59 Å². The van der Waals surface area contributed by atoms with Gasteiger partial charge in [-0.15, -0.1) is 0 Å². The highest BCUT2D eigenvalue weighted by atomic mass is 16.6. The van der Waals surface area contributed by atoms with Gasteiger partial charge in [0, 0.05) is 13.6 Å². The summed E-state index contributed by atoms with van der Waals surface area (Å²) < 4.78 is 9.91. The van der Waals surface area contributed by atoms with Crippen LogP contribution in [0.1, 0.15) is 18.4 Å². The number of ether oxygens (including phenoxy) is 2. The lowest BCUT2D eigenvalue weighted by molar-refractivity contribution is -0.139. The molecule has 1 aliphatic carbocycles. The van der Waals surface area contributed by atoms with Crippen LogP contribution in [0.5, 0.6) is 0 Å². The van der Waals surface area contributed by atoms with Crippen LogP contribution >= 0.6 is 0 Å². The number of amides is 1. The number of esters is 1. The standard InChI is InChI=1S/C16H22N2O4/c1-18(15(20)22-11-13-6-4-3-5-7-13)16(8-9-16)12-17-10-14(19)21-2/h3-7,17H,8-12H2,1-2H3. The van der Waals surface area contributed by atoms with Crippen LogP contribution in [0, 0.1) is 0 Å². The second kappa shape index (κ2) is 7.26. The van der Waals surface area contributed by atoms with Gasteiger partial charge in [0.15, 0.2) is 0 Å². The fourth-order valence-electron chi connectivity index (χ4n) is 2.25. The Morgan fingerprint density at radius 1 is 1.27 bits per heavy atom. The van der Waals surface area contributed by atoms with E-state index in [1.165, 1.54) is 7.11 Å². The number of nitrogens with zero attached hydrogens (tertiary/aromatic N) is 1. The van der Waals surface area contributed by atoms with Gasteiger partial charge in [-0.1, -0.05) is 30.3 Å². The van der Waals surface area contributed by atoms with Gasteiger partial charge in [-0.05, 0) is 18.4 Å². The SMILES string of the molecule is COC(=O)CNCC1(N(C)C(=O)OCc2ccccc2)CC1. The Morgan fingerprint density at radius 3 is 2.55 bits per heavy atom. The summed E-state index contributed by atoms with van der Waals surface area (Å²) in [5.74, 6) is -0.315. The molecule has 1 N–H and O–H groups in total. The van der Waals surface area contributed by atoms with Crippen molar-refractivity contribution in [3.8, 4) is 0 Å². The van der Waals surface area contributed by atoms with Gasteiger partial charge < -0.3 is 19.7 Å². The first-order valence-electron chi connectivity index (χ1n) is 7.29. The summed E-state index contributed by atoms with van der Waals surface area (Å²) in [4.78, 5) is 24.9. The van der Waals surface area contributed by atoms with Crippen molar-refractivity contribution in [2.75, 3.05) is 27.2 Å². The van der Waals surface area contributed by atoms with Crippen molar-refractivity contribution in [1.82, 2.24) is 10.2 Å². The van der Waals surface area contributed by atoms with Gasteiger partial charge >= 0.3 is 12.1 Å². The second-order valence-electron chi connectivity index (χ2n) is 5.50. The minimum Gasteiger partial charge on any atom is -0.468 e. The van der Waals surface area contributed by atoms with E-state index in [-0.39, 0.29) is 30.8 Å². The lowest BCUT2D eigenvalue weighted by Gasteiger charge is -2.27. The predicted octanol–water partition coefficient (Wildman–Crippen LogP) is 1.55. The summed E-state index contributed by atoms with van der Waals surface area (Å²) in [7, 11) is 3.09. The normalized spacial score (nSPS) is 15.0. The fourth-order valence-corrected chi connectivity index (χ4v) is 2.25. The van der Waals surface area contributed by atoms with Crippen LogP contribution in [0.25, 0.3) is 0 Å². The maximum atomic E-state index is 12.1. The number of hydrogen-bond donors (Lipinski definition) is 1.